The van der Waals surface area contributed by atoms with Gasteiger partial charge < -0.3 is 10.6 Å². The molecule has 3 aromatic rings. The fourth-order valence-electron chi connectivity index (χ4n) is 3.56. The van der Waals surface area contributed by atoms with Crippen molar-refractivity contribution >= 4 is 29.1 Å². The second kappa shape index (κ2) is 8.51. The molecule has 0 radical (unpaired) electrons. The molecule has 1 amide bonds. The summed E-state index contributed by atoms with van der Waals surface area (Å²) in [7, 11) is 0. The third-order valence-corrected chi connectivity index (χ3v) is 5.26. The minimum atomic E-state index is -0.0392. The molecule has 7 heteroatoms. The summed E-state index contributed by atoms with van der Waals surface area (Å²) in [6, 6.07) is 10.3. The number of carbonyl (C=O) groups excluding carboxylic acids is 1. The van der Waals surface area contributed by atoms with Crippen LogP contribution in [0.3, 0.4) is 0 Å². The van der Waals surface area contributed by atoms with E-state index in [0.29, 0.717) is 12.1 Å². The first-order valence-corrected chi connectivity index (χ1v) is 10.2. The maximum absolute atomic E-state index is 11.6. The number of rotatable bonds is 7. The summed E-state index contributed by atoms with van der Waals surface area (Å²) in [6.45, 7) is 11.2. The predicted molar refractivity (Wildman–Crippen MR) is 119 cm³/mol. The van der Waals surface area contributed by atoms with Crippen LogP contribution in [0, 0.1) is 0 Å². The third-order valence-electron chi connectivity index (χ3n) is 5.26. The highest BCUT2D eigenvalue weighted by molar-refractivity contribution is 5.89. The van der Waals surface area contributed by atoms with Crippen LogP contribution in [0.4, 0.5) is 11.5 Å². The van der Waals surface area contributed by atoms with E-state index in [0.717, 1.165) is 47.9 Å². The Balaban J connectivity index is 1.58. The van der Waals surface area contributed by atoms with Crippen molar-refractivity contribution in [2.45, 2.75) is 26.8 Å². The second-order valence-corrected chi connectivity index (χ2v) is 7.34. The lowest BCUT2D eigenvalue weighted by Crippen LogP contribution is -2.22. The van der Waals surface area contributed by atoms with E-state index in [1.165, 1.54) is 5.56 Å². The van der Waals surface area contributed by atoms with Gasteiger partial charge in [0.05, 0.1) is 12.6 Å². The predicted octanol–water partition coefficient (Wildman–Crippen LogP) is 3.73. The smallest absolute Gasteiger partial charge is 0.228 e. The second-order valence-electron chi connectivity index (χ2n) is 7.34. The molecule has 0 aliphatic carbocycles. The van der Waals surface area contributed by atoms with Crippen LogP contribution in [0.5, 0.6) is 0 Å². The first-order valence-electron chi connectivity index (χ1n) is 10.2. The lowest BCUT2D eigenvalue weighted by molar-refractivity contribution is -0.118. The molecule has 7 nitrogen and oxygen atoms in total. The SMILES string of the molecule is C=C1NC(=O)C/C1=C\c1cnn2ccc(Nc3cccc(CN(CC)CC)c3)nc12. The number of aromatic nitrogens is 3. The Kier molecular flexibility index (Phi) is 5.63. The van der Waals surface area contributed by atoms with Crippen molar-refractivity contribution in [3.05, 3.63) is 71.7 Å². The van der Waals surface area contributed by atoms with E-state index >= 15 is 0 Å². The number of nitrogens with zero attached hydrogens (tertiary/aromatic N) is 4. The van der Waals surface area contributed by atoms with Gasteiger partial charge in [-0.1, -0.05) is 32.6 Å². The molecular formula is C23H26N6O. The van der Waals surface area contributed by atoms with Gasteiger partial charge in [0.15, 0.2) is 5.65 Å². The van der Waals surface area contributed by atoms with Crippen molar-refractivity contribution < 1.29 is 4.79 Å². The van der Waals surface area contributed by atoms with Gasteiger partial charge >= 0.3 is 0 Å². The summed E-state index contributed by atoms with van der Waals surface area (Å²) < 4.78 is 1.72. The van der Waals surface area contributed by atoms with Gasteiger partial charge in [-0.25, -0.2) is 9.50 Å². The average molecular weight is 403 g/mol. The van der Waals surface area contributed by atoms with Gasteiger partial charge in [-0.3, -0.25) is 9.69 Å². The van der Waals surface area contributed by atoms with Crippen LogP contribution in [0.25, 0.3) is 11.7 Å². The number of hydrogen-bond acceptors (Lipinski definition) is 5. The van der Waals surface area contributed by atoms with E-state index < -0.39 is 0 Å². The molecule has 1 saturated heterocycles. The van der Waals surface area contributed by atoms with E-state index in [-0.39, 0.29) is 5.91 Å². The number of allylic oxidation sites excluding steroid dienone is 1. The molecule has 2 aromatic heterocycles. The van der Waals surface area contributed by atoms with E-state index in [1.54, 1.807) is 10.7 Å². The highest BCUT2D eigenvalue weighted by Crippen LogP contribution is 2.24. The molecule has 154 valence electrons. The van der Waals surface area contributed by atoms with Gasteiger partial charge in [0.2, 0.25) is 5.91 Å². The van der Waals surface area contributed by atoms with Crippen molar-refractivity contribution in [3.63, 3.8) is 0 Å². The molecule has 0 atom stereocenters. The molecule has 1 aliphatic heterocycles. The largest absolute Gasteiger partial charge is 0.340 e. The fourth-order valence-corrected chi connectivity index (χ4v) is 3.56. The number of benzene rings is 1. The number of hydrogen-bond donors (Lipinski definition) is 2. The minimum absolute atomic E-state index is 0.0392. The number of nitrogens with one attached hydrogen (secondary N) is 2. The van der Waals surface area contributed by atoms with E-state index in [2.05, 4.69) is 59.3 Å². The lowest BCUT2D eigenvalue weighted by atomic mass is 10.1. The molecule has 30 heavy (non-hydrogen) atoms. The number of amides is 1. The molecule has 1 aliphatic rings. The number of carbonyl (C=O) groups is 1. The molecule has 1 aromatic carbocycles. The maximum Gasteiger partial charge on any atom is 0.228 e. The van der Waals surface area contributed by atoms with Gasteiger partial charge in [0.1, 0.15) is 5.82 Å². The molecule has 0 unspecified atom stereocenters. The summed E-state index contributed by atoms with van der Waals surface area (Å²) in [4.78, 5) is 18.7. The van der Waals surface area contributed by atoms with Crippen molar-refractivity contribution in [1.29, 1.82) is 0 Å². The molecule has 4 rings (SSSR count). The Hall–Kier alpha value is -3.45. The first kappa shape index (κ1) is 19.8. The maximum atomic E-state index is 11.6. The summed E-state index contributed by atoms with van der Waals surface area (Å²) in [5.74, 6) is 0.699. The van der Waals surface area contributed by atoms with Crippen LogP contribution >= 0.6 is 0 Å². The average Bonchev–Trinajstić information content (AvgIpc) is 3.28. The van der Waals surface area contributed by atoms with Gasteiger partial charge in [-0.05, 0) is 48.5 Å². The zero-order chi connectivity index (χ0) is 21.1. The van der Waals surface area contributed by atoms with Gasteiger partial charge in [0, 0.05) is 29.7 Å². The third kappa shape index (κ3) is 4.26. The van der Waals surface area contributed by atoms with E-state index in [1.807, 2.05) is 24.4 Å². The molecule has 0 saturated carbocycles. The van der Waals surface area contributed by atoms with Gasteiger partial charge in [0.25, 0.3) is 0 Å². The van der Waals surface area contributed by atoms with Gasteiger partial charge in [-0.2, -0.15) is 5.10 Å². The van der Waals surface area contributed by atoms with Crippen molar-refractivity contribution in [2.75, 3.05) is 18.4 Å². The van der Waals surface area contributed by atoms with E-state index in [9.17, 15) is 4.79 Å². The van der Waals surface area contributed by atoms with Crippen LogP contribution in [0.1, 0.15) is 31.4 Å². The lowest BCUT2D eigenvalue weighted by Gasteiger charge is -2.18. The summed E-state index contributed by atoms with van der Waals surface area (Å²) >= 11 is 0. The van der Waals surface area contributed by atoms with Crippen LogP contribution in [0.2, 0.25) is 0 Å². The first-order chi connectivity index (χ1) is 14.6. The van der Waals surface area contributed by atoms with Crippen molar-refractivity contribution in [2.24, 2.45) is 0 Å². The van der Waals surface area contributed by atoms with Crippen LogP contribution < -0.4 is 10.6 Å². The highest BCUT2D eigenvalue weighted by Gasteiger charge is 2.19. The minimum Gasteiger partial charge on any atom is -0.340 e. The molecule has 0 bridgehead atoms. The quantitative estimate of drug-likeness (QED) is 0.630. The van der Waals surface area contributed by atoms with E-state index in [4.69, 9.17) is 4.98 Å². The Labute approximate surface area is 176 Å². The van der Waals surface area contributed by atoms with Crippen molar-refractivity contribution in [1.82, 2.24) is 24.8 Å². The summed E-state index contributed by atoms with van der Waals surface area (Å²) in [5, 5.41) is 10.5. The highest BCUT2D eigenvalue weighted by atomic mass is 16.1. The van der Waals surface area contributed by atoms with Crippen LogP contribution in [-0.4, -0.2) is 38.5 Å². The van der Waals surface area contributed by atoms with Crippen molar-refractivity contribution in [3.8, 4) is 0 Å². The molecule has 3 heterocycles. The molecule has 2 N–H and O–H groups in total. The molecule has 1 fully saturated rings. The Bertz CT molecular complexity index is 1130. The normalized spacial score (nSPS) is 15.4. The van der Waals surface area contributed by atoms with Crippen LogP contribution in [0.15, 0.2) is 60.6 Å². The monoisotopic (exact) mass is 402 g/mol. The van der Waals surface area contributed by atoms with Crippen LogP contribution in [-0.2, 0) is 11.3 Å². The van der Waals surface area contributed by atoms with Gasteiger partial charge in [-0.15, -0.1) is 0 Å². The summed E-state index contributed by atoms with van der Waals surface area (Å²) in [5.41, 5.74) is 5.32. The Morgan fingerprint density at radius 1 is 1.30 bits per heavy atom. The molecule has 0 spiro atoms. The Morgan fingerprint density at radius 3 is 2.87 bits per heavy atom. The zero-order valence-electron chi connectivity index (χ0n) is 17.4. The number of anilines is 2. The standard InChI is InChI=1S/C23H26N6O/c1-4-28(5-2)15-17-7-6-8-20(11-17)26-21-9-10-29-23(27-21)19(14-24-29)12-18-13-22(30)25-16(18)3/h6-12,14H,3-5,13,15H2,1-2H3,(H,25,30)(H,26,27)/b18-12+. The zero-order valence-corrected chi connectivity index (χ0v) is 17.4. The fraction of sp³-hybridized carbons (Fsp3) is 0.261. The molecular weight excluding hydrogens is 376 g/mol. The Morgan fingerprint density at radius 2 is 2.13 bits per heavy atom. The summed E-state index contributed by atoms with van der Waals surface area (Å²) in [6.07, 6.45) is 5.87. The topological polar surface area (TPSA) is 74.6 Å². The number of fused-ring (bicyclic) bond motifs is 1.